The second-order valence-electron chi connectivity index (χ2n) is 1.85. The van der Waals surface area contributed by atoms with Crippen molar-refractivity contribution in [2.24, 2.45) is 0 Å². The van der Waals surface area contributed by atoms with Gasteiger partial charge in [-0.05, 0) is 18.2 Å². The average molecular weight is 139 g/mol. The summed E-state index contributed by atoms with van der Waals surface area (Å²) in [6, 6.07) is 3.46. The molecule has 0 aliphatic heterocycles. The van der Waals surface area contributed by atoms with E-state index in [4.69, 9.17) is 10.5 Å². The minimum absolute atomic E-state index is 0.0728. The van der Waals surface area contributed by atoms with Crippen LogP contribution in [-0.4, -0.2) is 11.3 Å². The molecule has 0 aliphatic carbocycles. The highest BCUT2D eigenvalue weighted by atomic mass is 19.1. The van der Waals surface area contributed by atoms with Gasteiger partial charge in [0.15, 0.2) is 0 Å². The van der Waals surface area contributed by atoms with E-state index >= 15 is 0 Å². The van der Waals surface area contributed by atoms with Crippen molar-refractivity contribution in [3.05, 3.63) is 29.6 Å². The van der Waals surface area contributed by atoms with Crippen molar-refractivity contribution >= 4 is 6.21 Å². The Hall–Kier alpha value is -1.38. The minimum atomic E-state index is -0.448. The molecule has 0 spiro atoms. The van der Waals surface area contributed by atoms with Crippen LogP contribution in [0.4, 0.5) is 4.39 Å². The summed E-state index contributed by atoms with van der Waals surface area (Å²) < 4.78 is 12.3. The van der Waals surface area contributed by atoms with Crippen molar-refractivity contribution in [1.82, 2.24) is 0 Å². The van der Waals surface area contributed by atoms with Gasteiger partial charge in [0.25, 0.3) is 0 Å². The summed E-state index contributed by atoms with van der Waals surface area (Å²) in [5, 5.41) is 15.6. The molecule has 3 heteroatoms. The van der Waals surface area contributed by atoms with Gasteiger partial charge in [-0.2, -0.15) is 0 Å². The highest BCUT2D eigenvalue weighted by Crippen LogP contribution is 2.14. The van der Waals surface area contributed by atoms with Crippen molar-refractivity contribution < 1.29 is 9.50 Å². The normalized spacial score (nSPS) is 9.30. The maximum atomic E-state index is 12.3. The number of aromatic hydroxyl groups is 1. The second kappa shape index (κ2) is 2.47. The van der Waals surface area contributed by atoms with Crippen molar-refractivity contribution in [3.63, 3.8) is 0 Å². The van der Waals surface area contributed by atoms with Gasteiger partial charge in [-0.3, -0.25) is 0 Å². The quantitative estimate of drug-likeness (QED) is 0.569. The summed E-state index contributed by atoms with van der Waals surface area (Å²) in [5.74, 6) is -0.521. The maximum absolute atomic E-state index is 12.3. The molecule has 0 aromatic heterocycles. The number of halogens is 1. The number of benzene rings is 1. The third-order valence-corrected chi connectivity index (χ3v) is 1.15. The largest absolute Gasteiger partial charge is 0.507 e. The van der Waals surface area contributed by atoms with Crippen LogP contribution in [0.1, 0.15) is 5.56 Å². The van der Waals surface area contributed by atoms with Crippen LogP contribution in [0.25, 0.3) is 0 Å². The van der Waals surface area contributed by atoms with E-state index in [1.165, 1.54) is 6.07 Å². The molecule has 0 saturated carbocycles. The summed E-state index contributed by atoms with van der Waals surface area (Å²) in [4.78, 5) is 0. The molecule has 10 heavy (non-hydrogen) atoms. The van der Waals surface area contributed by atoms with Gasteiger partial charge in [-0.25, -0.2) is 4.39 Å². The van der Waals surface area contributed by atoms with E-state index in [1.807, 2.05) is 0 Å². The van der Waals surface area contributed by atoms with E-state index in [0.29, 0.717) is 0 Å². The molecule has 0 bridgehead atoms. The fourth-order valence-corrected chi connectivity index (χ4v) is 0.641. The van der Waals surface area contributed by atoms with E-state index in [9.17, 15) is 4.39 Å². The fraction of sp³-hybridized carbons (Fsp3) is 0. The molecule has 1 aromatic carbocycles. The number of phenolic OH excluding ortho intramolecular Hbond substituents is 1. The van der Waals surface area contributed by atoms with Crippen LogP contribution in [0.15, 0.2) is 18.2 Å². The van der Waals surface area contributed by atoms with Gasteiger partial charge in [0.1, 0.15) is 11.6 Å². The van der Waals surface area contributed by atoms with Crippen LogP contribution in [0.3, 0.4) is 0 Å². The molecule has 1 aromatic rings. The Morgan fingerprint density at radius 3 is 2.70 bits per heavy atom. The van der Waals surface area contributed by atoms with Crippen LogP contribution in [0.5, 0.6) is 5.75 Å². The maximum Gasteiger partial charge on any atom is 0.124 e. The molecule has 0 amide bonds. The zero-order chi connectivity index (χ0) is 7.56. The van der Waals surface area contributed by atoms with Gasteiger partial charge < -0.3 is 10.5 Å². The van der Waals surface area contributed by atoms with Gasteiger partial charge in [-0.1, -0.05) is 0 Å². The van der Waals surface area contributed by atoms with Crippen molar-refractivity contribution in [1.29, 1.82) is 5.41 Å². The molecule has 0 saturated heterocycles. The molecule has 0 heterocycles. The summed E-state index contributed by atoms with van der Waals surface area (Å²) in [6.45, 7) is 0. The van der Waals surface area contributed by atoms with E-state index in [2.05, 4.69) is 0 Å². The van der Waals surface area contributed by atoms with Crippen molar-refractivity contribution in [3.8, 4) is 5.75 Å². The minimum Gasteiger partial charge on any atom is -0.507 e. The highest BCUT2D eigenvalue weighted by Gasteiger charge is 1.97. The van der Waals surface area contributed by atoms with Crippen LogP contribution < -0.4 is 0 Å². The van der Waals surface area contributed by atoms with Crippen molar-refractivity contribution in [2.45, 2.75) is 0 Å². The van der Waals surface area contributed by atoms with E-state index in [1.54, 1.807) is 0 Å². The number of hydrogen-bond donors (Lipinski definition) is 2. The first-order chi connectivity index (χ1) is 4.74. The Bertz CT molecular complexity index is 260. The third kappa shape index (κ3) is 1.13. The first kappa shape index (κ1) is 6.74. The number of phenols is 1. The topological polar surface area (TPSA) is 44.1 Å². The Balaban J connectivity index is 3.21. The lowest BCUT2D eigenvalue weighted by atomic mass is 10.2. The molecule has 0 atom stereocenters. The van der Waals surface area contributed by atoms with E-state index < -0.39 is 5.82 Å². The lowest BCUT2D eigenvalue weighted by Crippen LogP contribution is -1.82. The Kier molecular flexibility index (Phi) is 1.67. The third-order valence-electron chi connectivity index (χ3n) is 1.15. The molecule has 2 N–H and O–H groups in total. The zero-order valence-electron chi connectivity index (χ0n) is 5.13. The lowest BCUT2D eigenvalue weighted by molar-refractivity contribution is 0.472. The van der Waals surface area contributed by atoms with Crippen LogP contribution >= 0.6 is 0 Å². The number of rotatable bonds is 1. The summed E-state index contributed by atoms with van der Waals surface area (Å²) in [5.41, 5.74) is 0.194. The first-order valence-corrected chi connectivity index (χ1v) is 2.73. The molecular weight excluding hydrogens is 133 g/mol. The molecular formula is C7H6FNO. The van der Waals surface area contributed by atoms with Crippen LogP contribution in [-0.2, 0) is 0 Å². The van der Waals surface area contributed by atoms with E-state index in [-0.39, 0.29) is 11.3 Å². The average Bonchev–Trinajstić information content (AvgIpc) is 1.94. The summed E-state index contributed by atoms with van der Waals surface area (Å²) >= 11 is 0. The van der Waals surface area contributed by atoms with E-state index in [0.717, 1.165) is 18.3 Å². The Labute approximate surface area is 57.4 Å². The molecule has 1 rings (SSSR count). The fourth-order valence-electron chi connectivity index (χ4n) is 0.641. The van der Waals surface area contributed by atoms with Gasteiger partial charge >= 0.3 is 0 Å². The zero-order valence-corrected chi connectivity index (χ0v) is 5.13. The molecule has 2 nitrogen and oxygen atoms in total. The second-order valence-corrected chi connectivity index (χ2v) is 1.85. The monoisotopic (exact) mass is 139 g/mol. The Morgan fingerprint density at radius 2 is 2.20 bits per heavy atom. The van der Waals surface area contributed by atoms with Gasteiger partial charge in [0.2, 0.25) is 0 Å². The molecule has 0 unspecified atom stereocenters. The standard InChI is InChI=1S/C7H6FNO/c8-6-1-2-7(10)5(3-6)4-9/h1-4,9-10H. The highest BCUT2D eigenvalue weighted by molar-refractivity contribution is 5.80. The number of nitrogens with one attached hydrogen (secondary N) is 1. The van der Waals surface area contributed by atoms with Crippen LogP contribution in [0, 0.1) is 11.2 Å². The van der Waals surface area contributed by atoms with Crippen molar-refractivity contribution in [2.75, 3.05) is 0 Å². The van der Waals surface area contributed by atoms with Crippen LogP contribution in [0.2, 0.25) is 0 Å². The van der Waals surface area contributed by atoms with Gasteiger partial charge in [-0.15, -0.1) is 0 Å². The predicted octanol–water partition coefficient (Wildman–Crippen LogP) is 1.53. The first-order valence-electron chi connectivity index (χ1n) is 2.73. The number of hydrogen-bond acceptors (Lipinski definition) is 2. The molecule has 0 fully saturated rings. The summed E-state index contributed by atoms with van der Waals surface area (Å²) in [7, 11) is 0. The summed E-state index contributed by atoms with van der Waals surface area (Å²) in [6.07, 6.45) is 0.901. The molecule has 0 aliphatic rings. The smallest absolute Gasteiger partial charge is 0.124 e. The van der Waals surface area contributed by atoms with Gasteiger partial charge in [0, 0.05) is 11.8 Å². The SMILES string of the molecule is N=Cc1cc(F)ccc1O. The molecule has 52 valence electrons. The molecule has 0 radical (unpaired) electrons. The lowest BCUT2D eigenvalue weighted by Gasteiger charge is -1.95. The van der Waals surface area contributed by atoms with Gasteiger partial charge in [0.05, 0.1) is 0 Å². The predicted molar refractivity (Wildman–Crippen MR) is 36.0 cm³/mol. The Morgan fingerprint density at radius 1 is 1.50 bits per heavy atom.